The Morgan fingerprint density at radius 3 is 2.07 bits per heavy atom. The van der Waals surface area contributed by atoms with Crippen LogP contribution in [0, 0.1) is 11.3 Å². The quantitative estimate of drug-likeness (QED) is 0.397. The maximum Gasteiger partial charge on any atom is 0.303 e. The Labute approximate surface area is 174 Å². The van der Waals surface area contributed by atoms with E-state index in [0.29, 0.717) is 25.9 Å². The Balaban J connectivity index is 2.60. The molecule has 0 aromatic carbocycles. The molecule has 0 amide bonds. The first-order valence-corrected chi connectivity index (χ1v) is 10.6. The van der Waals surface area contributed by atoms with Gasteiger partial charge < -0.3 is 18.9 Å². The smallest absolute Gasteiger partial charge is 0.303 e. The van der Waals surface area contributed by atoms with Crippen molar-refractivity contribution < 1.29 is 33.3 Å². The van der Waals surface area contributed by atoms with Crippen molar-refractivity contribution >= 4 is 17.7 Å². The second kappa shape index (κ2) is 11.6. The van der Waals surface area contributed by atoms with Gasteiger partial charge in [0.25, 0.3) is 0 Å². The highest BCUT2D eigenvalue weighted by Gasteiger charge is 2.47. The number of ketones is 1. The van der Waals surface area contributed by atoms with Crippen LogP contribution in [-0.4, -0.2) is 48.9 Å². The van der Waals surface area contributed by atoms with Gasteiger partial charge in [0.2, 0.25) is 0 Å². The van der Waals surface area contributed by atoms with Gasteiger partial charge in [0.05, 0.1) is 0 Å². The Hall–Kier alpha value is -1.47. The van der Waals surface area contributed by atoms with Crippen molar-refractivity contribution in [3.63, 3.8) is 0 Å². The number of carbonyl (C=O) groups is 3. The molecule has 0 saturated carbocycles. The summed E-state index contributed by atoms with van der Waals surface area (Å²) in [6.07, 6.45) is 0.935. The van der Waals surface area contributed by atoms with Crippen LogP contribution >= 0.6 is 0 Å². The number of esters is 2. The summed E-state index contributed by atoms with van der Waals surface area (Å²) in [6.45, 7) is 13.0. The zero-order valence-corrected chi connectivity index (χ0v) is 19.0. The molecule has 1 heterocycles. The lowest BCUT2D eigenvalue weighted by atomic mass is 9.88. The SMILES string of the molecule is CCC1OC(OCCCCC(=O)CC(C)(C)C)C(C)C(OC(C)=O)C1OC(C)=O. The molecule has 168 valence electrons. The maximum absolute atomic E-state index is 12.0. The third kappa shape index (κ3) is 9.26. The Morgan fingerprint density at radius 2 is 1.55 bits per heavy atom. The fraction of sp³-hybridized carbons (Fsp3) is 0.864. The third-order valence-corrected chi connectivity index (χ3v) is 4.81. The van der Waals surface area contributed by atoms with Crippen molar-refractivity contribution in [2.75, 3.05) is 6.61 Å². The Bertz CT molecular complexity index is 552. The number of hydrogen-bond acceptors (Lipinski definition) is 7. The third-order valence-electron chi connectivity index (χ3n) is 4.81. The van der Waals surface area contributed by atoms with Crippen LogP contribution in [0.4, 0.5) is 0 Å². The van der Waals surface area contributed by atoms with Gasteiger partial charge in [-0.05, 0) is 24.7 Å². The highest BCUT2D eigenvalue weighted by molar-refractivity contribution is 5.78. The molecule has 0 radical (unpaired) electrons. The summed E-state index contributed by atoms with van der Waals surface area (Å²) in [5.74, 6) is -0.911. The van der Waals surface area contributed by atoms with Crippen LogP contribution in [0.25, 0.3) is 0 Å². The summed E-state index contributed by atoms with van der Waals surface area (Å²) in [6, 6.07) is 0. The highest BCUT2D eigenvalue weighted by Crippen LogP contribution is 2.32. The molecule has 7 heteroatoms. The molecule has 1 rings (SSSR count). The van der Waals surface area contributed by atoms with Crippen LogP contribution < -0.4 is 0 Å². The predicted molar refractivity (Wildman–Crippen MR) is 108 cm³/mol. The normalized spacial score (nSPS) is 27.3. The zero-order valence-electron chi connectivity index (χ0n) is 19.0. The van der Waals surface area contributed by atoms with Gasteiger partial charge in [-0.15, -0.1) is 0 Å². The van der Waals surface area contributed by atoms with E-state index in [9.17, 15) is 14.4 Å². The molecule has 1 saturated heterocycles. The lowest BCUT2D eigenvalue weighted by molar-refractivity contribution is -0.283. The number of hydrogen-bond donors (Lipinski definition) is 0. The first-order chi connectivity index (χ1) is 13.4. The average Bonchev–Trinajstić information content (AvgIpc) is 2.57. The number of Topliss-reactive ketones (excluding diaryl/α,β-unsaturated/α-hetero) is 1. The minimum absolute atomic E-state index is 0.0122. The minimum atomic E-state index is -0.661. The monoisotopic (exact) mass is 414 g/mol. The number of unbranched alkanes of at least 4 members (excludes halogenated alkanes) is 1. The van der Waals surface area contributed by atoms with Crippen LogP contribution in [0.2, 0.25) is 0 Å². The molecule has 0 bridgehead atoms. The van der Waals surface area contributed by atoms with Crippen molar-refractivity contribution in [3.8, 4) is 0 Å². The lowest BCUT2D eigenvalue weighted by Gasteiger charge is -2.44. The van der Waals surface area contributed by atoms with Crippen molar-refractivity contribution in [1.82, 2.24) is 0 Å². The Morgan fingerprint density at radius 1 is 0.966 bits per heavy atom. The second-order valence-corrected chi connectivity index (χ2v) is 9.06. The minimum Gasteiger partial charge on any atom is -0.458 e. The van der Waals surface area contributed by atoms with Crippen LogP contribution in [0.3, 0.4) is 0 Å². The van der Waals surface area contributed by atoms with Gasteiger partial charge in [0.15, 0.2) is 12.4 Å². The van der Waals surface area contributed by atoms with Gasteiger partial charge in [-0.25, -0.2) is 0 Å². The van der Waals surface area contributed by atoms with Crippen molar-refractivity contribution in [2.45, 2.75) is 105 Å². The molecule has 0 aromatic heterocycles. The summed E-state index contributed by atoms with van der Waals surface area (Å²) in [4.78, 5) is 35.0. The molecule has 7 nitrogen and oxygen atoms in total. The number of rotatable bonds is 10. The van der Waals surface area contributed by atoms with E-state index in [-0.39, 0.29) is 17.1 Å². The van der Waals surface area contributed by atoms with E-state index in [0.717, 1.165) is 12.8 Å². The molecule has 29 heavy (non-hydrogen) atoms. The van der Waals surface area contributed by atoms with Crippen molar-refractivity contribution in [1.29, 1.82) is 0 Å². The Kier molecular flexibility index (Phi) is 10.3. The fourth-order valence-corrected chi connectivity index (χ4v) is 3.56. The van der Waals surface area contributed by atoms with Crippen molar-refractivity contribution in [2.24, 2.45) is 11.3 Å². The number of carbonyl (C=O) groups excluding carboxylic acids is 3. The van der Waals surface area contributed by atoms with E-state index < -0.39 is 36.5 Å². The van der Waals surface area contributed by atoms with E-state index in [2.05, 4.69) is 20.8 Å². The van der Waals surface area contributed by atoms with Crippen LogP contribution in [0.5, 0.6) is 0 Å². The molecule has 0 aliphatic carbocycles. The standard InChI is InChI=1S/C22H38O7/c1-8-18-20(28-16(4)24)19(27-15(3)23)14(2)21(29-18)26-12-10-9-11-17(25)13-22(5,6)7/h14,18-21H,8-13H2,1-7H3. The second-order valence-electron chi connectivity index (χ2n) is 9.06. The highest BCUT2D eigenvalue weighted by atomic mass is 16.7. The first-order valence-electron chi connectivity index (χ1n) is 10.6. The molecule has 1 aliphatic rings. The molecule has 1 aliphatic heterocycles. The predicted octanol–water partition coefficient (Wildman–Crippen LogP) is 3.81. The van der Waals surface area contributed by atoms with Gasteiger partial charge in [-0.1, -0.05) is 34.6 Å². The molecule has 5 unspecified atom stereocenters. The average molecular weight is 415 g/mol. The lowest BCUT2D eigenvalue weighted by Crippen LogP contribution is -2.57. The topological polar surface area (TPSA) is 88.1 Å². The van der Waals surface area contributed by atoms with Gasteiger partial charge in [-0.2, -0.15) is 0 Å². The zero-order chi connectivity index (χ0) is 22.2. The van der Waals surface area contributed by atoms with Crippen LogP contribution in [-0.2, 0) is 33.3 Å². The molecule has 0 aromatic rings. The van der Waals surface area contributed by atoms with E-state index in [1.807, 2.05) is 13.8 Å². The summed E-state index contributed by atoms with van der Waals surface area (Å²) >= 11 is 0. The molecular formula is C22H38O7. The van der Waals surface area contributed by atoms with Crippen LogP contribution in [0.15, 0.2) is 0 Å². The van der Waals surface area contributed by atoms with Gasteiger partial charge in [0, 0.05) is 39.2 Å². The van der Waals surface area contributed by atoms with E-state index in [4.69, 9.17) is 18.9 Å². The number of ether oxygens (including phenoxy) is 4. The molecule has 0 N–H and O–H groups in total. The summed E-state index contributed by atoms with van der Waals surface area (Å²) in [5.41, 5.74) is 0.0122. The van der Waals surface area contributed by atoms with Gasteiger partial charge >= 0.3 is 11.9 Å². The van der Waals surface area contributed by atoms with E-state index in [1.54, 1.807) is 0 Å². The fourth-order valence-electron chi connectivity index (χ4n) is 3.56. The summed E-state index contributed by atoms with van der Waals surface area (Å²) in [7, 11) is 0. The van der Waals surface area contributed by atoms with E-state index >= 15 is 0 Å². The van der Waals surface area contributed by atoms with Crippen molar-refractivity contribution in [3.05, 3.63) is 0 Å². The molecular weight excluding hydrogens is 376 g/mol. The summed E-state index contributed by atoms with van der Waals surface area (Å²) < 4.78 is 22.8. The molecule has 0 spiro atoms. The van der Waals surface area contributed by atoms with Gasteiger partial charge in [0.1, 0.15) is 18.0 Å². The molecule has 1 fully saturated rings. The first kappa shape index (κ1) is 25.6. The van der Waals surface area contributed by atoms with Gasteiger partial charge in [-0.3, -0.25) is 14.4 Å². The molecule has 5 atom stereocenters. The van der Waals surface area contributed by atoms with Crippen LogP contribution in [0.1, 0.15) is 80.6 Å². The van der Waals surface area contributed by atoms with E-state index in [1.165, 1.54) is 13.8 Å². The largest absolute Gasteiger partial charge is 0.458 e. The summed E-state index contributed by atoms with van der Waals surface area (Å²) in [5, 5.41) is 0. The maximum atomic E-state index is 12.0.